The molecule has 0 saturated heterocycles. The molecule has 2 unspecified atom stereocenters. The molecule has 2 atom stereocenters. The summed E-state index contributed by atoms with van der Waals surface area (Å²) < 4.78 is 0. The van der Waals surface area contributed by atoms with E-state index in [-0.39, 0.29) is 6.04 Å². The van der Waals surface area contributed by atoms with Gasteiger partial charge in [0.05, 0.1) is 0 Å². The third-order valence-corrected chi connectivity index (χ3v) is 2.93. The standard InChI is InChI=1S/C13H19NO2/c1-4-10(2)14-13(3,12(15)16)11-8-6-5-7-9-11/h5-10,14H,4H2,1-3H3,(H,15,16). The highest BCUT2D eigenvalue weighted by Crippen LogP contribution is 2.21. The van der Waals surface area contributed by atoms with Crippen LogP contribution in [-0.2, 0) is 10.3 Å². The smallest absolute Gasteiger partial charge is 0.328 e. The van der Waals surface area contributed by atoms with Gasteiger partial charge in [0.15, 0.2) is 0 Å². The van der Waals surface area contributed by atoms with Gasteiger partial charge in [0, 0.05) is 6.04 Å². The molecule has 0 heterocycles. The molecule has 0 spiro atoms. The topological polar surface area (TPSA) is 49.3 Å². The van der Waals surface area contributed by atoms with E-state index in [1.165, 1.54) is 0 Å². The van der Waals surface area contributed by atoms with Crippen molar-refractivity contribution in [3.63, 3.8) is 0 Å². The van der Waals surface area contributed by atoms with Gasteiger partial charge in [-0.15, -0.1) is 0 Å². The average Bonchev–Trinajstić information content (AvgIpc) is 2.29. The summed E-state index contributed by atoms with van der Waals surface area (Å²) in [7, 11) is 0. The van der Waals surface area contributed by atoms with Gasteiger partial charge in [-0.1, -0.05) is 37.3 Å². The van der Waals surface area contributed by atoms with Gasteiger partial charge in [-0.2, -0.15) is 0 Å². The van der Waals surface area contributed by atoms with Crippen molar-refractivity contribution in [2.75, 3.05) is 0 Å². The lowest BCUT2D eigenvalue weighted by Crippen LogP contribution is -2.50. The Bertz CT molecular complexity index is 350. The van der Waals surface area contributed by atoms with Crippen LogP contribution in [0.1, 0.15) is 32.8 Å². The lowest BCUT2D eigenvalue weighted by atomic mass is 9.91. The van der Waals surface area contributed by atoms with E-state index < -0.39 is 11.5 Å². The van der Waals surface area contributed by atoms with Crippen molar-refractivity contribution in [1.29, 1.82) is 0 Å². The Balaban J connectivity index is 3.02. The van der Waals surface area contributed by atoms with Gasteiger partial charge in [-0.25, -0.2) is 4.79 Å². The lowest BCUT2D eigenvalue weighted by molar-refractivity contribution is -0.145. The fourth-order valence-electron chi connectivity index (χ4n) is 1.63. The molecule has 0 fully saturated rings. The van der Waals surface area contributed by atoms with E-state index in [0.717, 1.165) is 12.0 Å². The van der Waals surface area contributed by atoms with Crippen LogP contribution in [0.2, 0.25) is 0 Å². The Hall–Kier alpha value is -1.35. The molecule has 0 bridgehead atoms. The number of carboxylic acids is 1. The van der Waals surface area contributed by atoms with Crippen molar-refractivity contribution < 1.29 is 9.90 Å². The highest BCUT2D eigenvalue weighted by atomic mass is 16.4. The van der Waals surface area contributed by atoms with E-state index >= 15 is 0 Å². The zero-order valence-corrected chi connectivity index (χ0v) is 10.0. The molecule has 0 aromatic heterocycles. The maximum absolute atomic E-state index is 11.4. The van der Waals surface area contributed by atoms with Gasteiger partial charge in [0.25, 0.3) is 0 Å². The van der Waals surface area contributed by atoms with Crippen molar-refractivity contribution in [2.24, 2.45) is 0 Å². The fourth-order valence-corrected chi connectivity index (χ4v) is 1.63. The Labute approximate surface area is 96.5 Å². The second kappa shape index (κ2) is 5.12. The van der Waals surface area contributed by atoms with Crippen LogP contribution in [0.5, 0.6) is 0 Å². The van der Waals surface area contributed by atoms with E-state index in [0.29, 0.717) is 0 Å². The van der Waals surface area contributed by atoms with E-state index in [1.807, 2.05) is 44.2 Å². The number of carboxylic acid groups (broad SMARTS) is 1. The third-order valence-electron chi connectivity index (χ3n) is 2.93. The van der Waals surface area contributed by atoms with Crippen LogP contribution in [0.15, 0.2) is 30.3 Å². The molecule has 2 N–H and O–H groups in total. The number of aliphatic carboxylic acids is 1. The minimum Gasteiger partial charge on any atom is -0.480 e. The highest BCUT2D eigenvalue weighted by molar-refractivity contribution is 5.80. The van der Waals surface area contributed by atoms with Gasteiger partial charge in [0.1, 0.15) is 5.54 Å². The molecular formula is C13H19NO2. The molecule has 3 nitrogen and oxygen atoms in total. The van der Waals surface area contributed by atoms with E-state index in [2.05, 4.69) is 5.32 Å². The Kier molecular flexibility index (Phi) is 4.07. The number of hydrogen-bond donors (Lipinski definition) is 2. The van der Waals surface area contributed by atoms with Crippen molar-refractivity contribution in [2.45, 2.75) is 38.8 Å². The average molecular weight is 221 g/mol. The van der Waals surface area contributed by atoms with Gasteiger partial charge in [-0.05, 0) is 25.8 Å². The number of benzene rings is 1. The molecule has 0 amide bonds. The lowest BCUT2D eigenvalue weighted by Gasteiger charge is -2.30. The van der Waals surface area contributed by atoms with Gasteiger partial charge in [-0.3, -0.25) is 5.32 Å². The molecule has 0 aliphatic heterocycles. The van der Waals surface area contributed by atoms with Crippen LogP contribution in [0.4, 0.5) is 0 Å². The first-order chi connectivity index (χ1) is 7.50. The first-order valence-electron chi connectivity index (χ1n) is 5.57. The quantitative estimate of drug-likeness (QED) is 0.802. The minimum atomic E-state index is -1.02. The molecule has 16 heavy (non-hydrogen) atoms. The second-order valence-electron chi connectivity index (χ2n) is 4.25. The number of nitrogens with one attached hydrogen (secondary N) is 1. The first kappa shape index (κ1) is 12.7. The number of carbonyl (C=O) groups is 1. The molecule has 0 saturated carbocycles. The Morgan fingerprint density at radius 2 is 2.00 bits per heavy atom. The van der Waals surface area contributed by atoms with Crippen LogP contribution in [0.25, 0.3) is 0 Å². The van der Waals surface area contributed by atoms with Crippen molar-refractivity contribution >= 4 is 5.97 Å². The molecule has 1 aromatic rings. The minimum absolute atomic E-state index is 0.168. The first-order valence-corrected chi connectivity index (χ1v) is 5.57. The van der Waals surface area contributed by atoms with E-state index in [1.54, 1.807) is 6.92 Å². The highest BCUT2D eigenvalue weighted by Gasteiger charge is 2.35. The summed E-state index contributed by atoms with van der Waals surface area (Å²) in [6.45, 7) is 5.73. The molecule has 0 aliphatic rings. The summed E-state index contributed by atoms with van der Waals surface area (Å²) in [4.78, 5) is 11.4. The van der Waals surface area contributed by atoms with Crippen LogP contribution in [0.3, 0.4) is 0 Å². The van der Waals surface area contributed by atoms with Gasteiger partial charge >= 0.3 is 5.97 Å². The molecule has 3 heteroatoms. The molecular weight excluding hydrogens is 202 g/mol. The van der Waals surface area contributed by atoms with E-state index in [9.17, 15) is 9.90 Å². The monoisotopic (exact) mass is 221 g/mol. The third kappa shape index (κ3) is 2.61. The largest absolute Gasteiger partial charge is 0.480 e. The summed E-state index contributed by atoms with van der Waals surface area (Å²) in [5, 5.41) is 12.5. The van der Waals surface area contributed by atoms with Crippen molar-refractivity contribution in [3.05, 3.63) is 35.9 Å². The van der Waals surface area contributed by atoms with Crippen LogP contribution < -0.4 is 5.32 Å². The zero-order valence-electron chi connectivity index (χ0n) is 10.0. The Morgan fingerprint density at radius 1 is 1.44 bits per heavy atom. The molecule has 0 radical (unpaired) electrons. The summed E-state index contributed by atoms with van der Waals surface area (Å²) in [5.41, 5.74) is -0.237. The maximum Gasteiger partial charge on any atom is 0.328 e. The number of rotatable bonds is 5. The van der Waals surface area contributed by atoms with Gasteiger partial charge in [0.2, 0.25) is 0 Å². The van der Waals surface area contributed by atoms with Crippen molar-refractivity contribution in [3.8, 4) is 0 Å². The summed E-state index contributed by atoms with van der Waals surface area (Å²) >= 11 is 0. The fraction of sp³-hybridized carbons (Fsp3) is 0.462. The second-order valence-corrected chi connectivity index (χ2v) is 4.25. The van der Waals surface area contributed by atoms with Crippen LogP contribution >= 0.6 is 0 Å². The molecule has 1 aromatic carbocycles. The predicted octanol–water partition coefficient (Wildman–Crippen LogP) is 2.37. The van der Waals surface area contributed by atoms with Crippen LogP contribution in [-0.4, -0.2) is 17.1 Å². The summed E-state index contributed by atoms with van der Waals surface area (Å²) in [5.74, 6) is -0.848. The molecule has 1 rings (SSSR count). The Morgan fingerprint density at radius 3 is 2.44 bits per heavy atom. The molecule has 88 valence electrons. The van der Waals surface area contributed by atoms with Crippen molar-refractivity contribution in [1.82, 2.24) is 5.32 Å². The summed E-state index contributed by atoms with van der Waals surface area (Å²) in [6.07, 6.45) is 0.899. The zero-order chi connectivity index (χ0) is 12.2. The SMILES string of the molecule is CCC(C)NC(C)(C(=O)O)c1ccccc1. The molecule has 0 aliphatic carbocycles. The van der Waals surface area contributed by atoms with E-state index in [4.69, 9.17) is 0 Å². The van der Waals surface area contributed by atoms with Crippen LogP contribution in [0, 0.1) is 0 Å². The predicted molar refractivity (Wildman–Crippen MR) is 64.3 cm³/mol. The maximum atomic E-state index is 11.4. The number of hydrogen-bond acceptors (Lipinski definition) is 2. The van der Waals surface area contributed by atoms with Gasteiger partial charge < -0.3 is 5.11 Å². The summed E-state index contributed by atoms with van der Waals surface area (Å²) in [6, 6.07) is 9.44. The normalized spacial score (nSPS) is 16.4.